The fourth-order valence-electron chi connectivity index (χ4n) is 2.76. The molecular formula is C26H38O5Si. The van der Waals surface area contributed by atoms with E-state index in [2.05, 4.69) is 33.9 Å². The average molecular weight is 459 g/mol. The highest BCUT2D eigenvalue weighted by molar-refractivity contribution is 6.74. The zero-order chi connectivity index (χ0) is 24.2. The van der Waals surface area contributed by atoms with Crippen LogP contribution in [0.4, 0.5) is 0 Å². The van der Waals surface area contributed by atoms with Crippen molar-refractivity contribution in [3.63, 3.8) is 0 Å². The van der Waals surface area contributed by atoms with Crippen molar-refractivity contribution in [3.05, 3.63) is 59.7 Å². The van der Waals surface area contributed by atoms with Crippen molar-refractivity contribution in [2.24, 2.45) is 0 Å². The van der Waals surface area contributed by atoms with Crippen LogP contribution in [0.3, 0.4) is 0 Å². The van der Waals surface area contributed by atoms with Crippen LogP contribution in [0, 0.1) is 0 Å². The van der Waals surface area contributed by atoms with Gasteiger partial charge in [-0.25, -0.2) is 4.79 Å². The summed E-state index contributed by atoms with van der Waals surface area (Å²) >= 11 is 0. The largest absolute Gasteiger partial charge is 0.543 e. The van der Waals surface area contributed by atoms with E-state index in [1.165, 1.54) is 0 Å². The van der Waals surface area contributed by atoms with E-state index in [1.54, 1.807) is 20.8 Å². The van der Waals surface area contributed by atoms with Crippen LogP contribution in [0.5, 0.6) is 11.5 Å². The highest BCUT2D eigenvalue weighted by Crippen LogP contribution is 2.38. The van der Waals surface area contributed by atoms with Gasteiger partial charge in [0.05, 0.1) is 0 Å². The second-order valence-corrected chi connectivity index (χ2v) is 15.4. The van der Waals surface area contributed by atoms with E-state index < -0.39 is 26.0 Å². The highest BCUT2D eigenvalue weighted by atomic mass is 28.4. The molecule has 0 saturated carbocycles. The summed E-state index contributed by atoms with van der Waals surface area (Å²) in [5, 5.41) is 10.6. The maximum Gasteiger partial charge on any atom is 0.335 e. The van der Waals surface area contributed by atoms with Crippen LogP contribution in [0.25, 0.3) is 0 Å². The minimum absolute atomic E-state index is 0.0473. The molecule has 0 saturated heterocycles. The second-order valence-electron chi connectivity index (χ2n) is 10.7. The molecule has 0 aromatic heterocycles. The zero-order valence-corrected chi connectivity index (χ0v) is 21.7. The molecule has 1 unspecified atom stereocenters. The van der Waals surface area contributed by atoms with Crippen LogP contribution in [0.2, 0.25) is 18.1 Å². The molecule has 2 rings (SSSR count). The van der Waals surface area contributed by atoms with Gasteiger partial charge >= 0.3 is 5.97 Å². The Kier molecular flexibility index (Phi) is 8.18. The molecule has 0 bridgehead atoms. The van der Waals surface area contributed by atoms with Crippen LogP contribution >= 0.6 is 0 Å². The van der Waals surface area contributed by atoms with Crippen molar-refractivity contribution in [2.45, 2.75) is 84.4 Å². The summed E-state index contributed by atoms with van der Waals surface area (Å²) in [6.45, 7) is 16.6. The van der Waals surface area contributed by atoms with Gasteiger partial charge in [0.15, 0.2) is 6.10 Å². The summed E-state index contributed by atoms with van der Waals surface area (Å²) in [5.74, 6) is 0.677. The van der Waals surface area contributed by atoms with Crippen molar-refractivity contribution in [1.82, 2.24) is 0 Å². The van der Waals surface area contributed by atoms with E-state index in [0.29, 0.717) is 17.9 Å². The lowest BCUT2D eigenvalue weighted by atomic mass is 10.1. The number of aliphatic hydroxyl groups excluding tert-OH is 1. The minimum Gasteiger partial charge on any atom is -0.543 e. The minimum atomic E-state index is -2.05. The molecule has 32 heavy (non-hydrogen) atoms. The normalized spacial score (nSPS) is 13.4. The number of hydrogen-bond acceptors (Lipinski definition) is 5. The molecule has 0 heterocycles. The molecule has 2 aromatic carbocycles. The van der Waals surface area contributed by atoms with E-state index in [9.17, 15) is 9.90 Å². The van der Waals surface area contributed by atoms with Gasteiger partial charge in [0.1, 0.15) is 23.7 Å². The van der Waals surface area contributed by atoms with Gasteiger partial charge < -0.3 is 19.0 Å². The molecule has 0 spiro atoms. The fourth-order valence-corrected chi connectivity index (χ4v) is 3.79. The van der Waals surface area contributed by atoms with Crippen LogP contribution in [-0.2, 0) is 22.6 Å². The zero-order valence-electron chi connectivity index (χ0n) is 20.7. The molecule has 2 aromatic rings. The number of hydrogen-bond donors (Lipinski definition) is 1. The van der Waals surface area contributed by atoms with Gasteiger partial charge in [-0.05, 0) is 62.7 Å². The number of carbonyl (C=O) groups is 1. The maximum absolute atomic E-state index is 12.4. The number of ether oxygens (including phenoxy) is 2. The Morgan fingerprint density at radius 3 is 2.19 bits per heavy atom. The lowest BCUT2D eigenvalue weighted by Crippen LogP contribution is -2.43. The van der Waals surface area contributed by atoms with Crippen LogP contribution < -0.4 is 9.16 Å². The molecular weight excluding hydrogens is 420 g/mol. The van der Waals surface area contributed by atoms with Crippen molar-refractivity contribution in [3.8, 4) is 11.5 Å². The van der Waals surface area contributed by atoms with Gasteiger partial charge in [-0.15, -0.1) is 0 Å². The maximum atomic E-state index is 12.4. The van der Waals surface area contributed by atoms with Gasteiger partial charge in [-0.3, -0.25) is 0 Å². The molecule has 0 radical (unpaired) electrons. The van der Waals surface area contributed by atoms with Crippen LogP contribution in [-0.4, -0.2) is 31.1 Å². The first-order chi connectivity index (χ1) is 14.7. The van der Waals surface area contributed by atoms with E-state index in [4.69, 9.17) is 13.9 Å². The lowest BCUT2D eigenvalue weighted by molar-refractivity contribution is -0.164. The van der Waals surface area contributed by atoms with E-state index >= 15 is 0 Å². The molecule has 176 valence electrons. The number of aliphatic hydroxyl groups is 1. The summed E-state index contributed by atoms with van der Waals surface area (Å²) in [5.41, 5.74) is 1.07. The molecule has 0 aliphatic heterocycles. The summed E-state index contributed by atoms with van der Waals surface area (Å²) < 4.78 is 17.8. The standard InChI is InChI=1S/C26H38O5Si/c1-25(2,3)30-24(28)22(27)17-20-16-21(31-32(7,8)26(4,5)6)14-15-23(20)29-18-19-12-10-9-11-13-19/h9-16,22,27H,17-18H2,1-8H3. The second kappa shape index (κ2) is 10.1. The van der Waals surface area contributed by atoms with Gasteiger partial charge in [0.2, 0.25) is 8.32 Å². The highest BCUT2D eigenvalue weighted by Gasteiger charge is 2.39. The Morgan fingerprint density at radius 2 is 1.62 bits per heavy atom. The molecule has 0 aliphatic rings. The Morgan fingerprint density at radius 1 is 1.00 bits per heavy atom. The summed E-state index contributed by atoms with van der Waals surface area (Å²) in [7, 11) is -2.05. The first-order valence-corrected chi connectivity index (χ1v) is 14.0. The molecule has 0 fully saturated rings. The molecule has 0 aliphatic carbocycles. The molecule has 1 atom stereocenters. The molecule has 5 nitrogen and oxygen atoms in total. The summed E-state index contributed by atoms with van der Waals surface area (Å²) in [6, 6.07) is 15.5. The Hall–Kier alpha value is -2.31. The van der Waals surface area contributed by atoms with Crippen molar-refractivity contribution < 1.29 is 23.8 Å². The first kappa shape index (κ1) is 25.9. The van der Waals surface area contributed by atoms with Crippen molar-refractivity contribution >= 4 is 14.3 Å². The summed E-state index contributed by atoms with van der Waals surface area (Å²) in [6.07, 6.45) is -1.22. The number of rotatable bonds is 8. The van der Waals surface area contributed by atoms with Crippen molar-refractivity contribution in [2.75, 3.05) is 0 Å². The molecule has 0 amide bonds. The summed E-state index contributed by atoms with van der Waals surface area (Å²) in [4.78, 5) is 12.4. The van der Waals surface area contributed by atoms with E-state index in [1.807, 2.05) is 48.5 Å². The molecule has 1 N–H and O–H groups in total. The third-order valence-electron chi connectivity index (χ3n) is 5.54. The number of esters is 1. The quantitative estimate of drug-likeness (QED) is 0.394. The Balaban J connectivity index is 2.28. The predicted octanol–water partition coefficient (Wildman–Crippen LogP) is 5.89. The third kappa shape index (κ3) is 7.68. The van der Waals surface area contributed by atoms with Crippen LogP contribution in [0.1, 0.15) is 52.7 Å². The van der Waals surface area contributed by atoms with Gasteiger partial charge in [0, 0.05) is 12.0 Å². The molecule has 6 heteroatoms. The lowest BCUT2D eigenvalue weighted by Gasteiger charge is -2.36. The van der Waals surface area contributed by atoms with Gasteiger partial charge in [-0.2, -0.15) is 0 Å². The van der Waals surface area contributed by atoms with Gasteiger partial charge in [-0.1, -0.05) is 51.1 Å². The third-order valence-corrected chi connectivity index (χ3v) is 9.90. The van der Waals surface area contributed by atoms with E-state index in [0.717, 1.165) is 11.3 Å². The van der Waals surface area contributed by atoms with E-state index in [-0.39, 0.29) is 11.5 Å². The Bertz CT molecular complexity index is 895. The monoisotopic (exact) mass is 458 g/mol. The first-order valence-electron chi connectivity index (χ1n) is 11.1. The number of benzene rings is 2. The fraction of sp³-hybridized carbons (Fsp3) is 0.500. The van der Waals surface area contributed by atoms with Crippen molar-refractivity contribution in [1.29, 1.82) is 0 Å². The predicted molar refractivity (Wildman–Crippen MR) is 131 cm³/mol. The topological polar surface area (TPSA) is 65.0 Å². The Labute approximate surface area is 193 Å². The number of carbonyl (C=O) groups excluding carboxylic acids is 1. The SMILES string of the molecule is CC(C)(C)OC(=O)C(O)Cc1cc(O[Si](C)(C)C(C)(C)C)ccc1OCc1ccccc1. The average Bonchev–Trinajstić information content (AvgIpc) is 2.65. The van der Waals surface area contributed by atoms with Gasteiger partial charge in [0.25, 0.3) is 0 Å². The van der Waals surface area contributed by atoms with Crippen LogP contribution in [0.15, 0.2) is 48.5 Å². The smallest absolute Gasteiger partial charge is 0.335 e.